The summed E-state index contributed by atoms with van der Waals surface area (Å²) in [5.41, 5.74) is 1.46. The Bertz CT molecular complexity index is 419. The number of fused-ring (bicyclic) bond motifs is 1. The summed E-state index contributed by atoms with van der Waals surface area (Å²) in [5.74, 6) is 2.32. The number of halogens is 1. The van der Waals surface area contributed by atoms with E-state index in [4.69, 9.17) is 0 Å². The van der Waals surface area contributed by atoms with Gasteiger partial charge in [0.2, 0.25) is 0 Å². The molecule has 0 spiro atoms. The molecule has 0 bridgehead atoms. The lowest BCUT2D eigenvalue weighted by Crippen LogP contribution is -2.34. The van der Waals surface area contributed by atoms with Crippen LogP contribution in [-0.4, -0.2) is 23.5 Å². The lowest BCUT2D eigenvalue weighted by Gasteiger charge is -2.21. The maximum atomic E-state index is 12.1. The van der Waals surface area contributed by atoms with Crippen LogP contribution in [0, 0.1) is 5.41 Å². The minimum absolute atomic E-state index is 0.0772. The van der Waals surface area contributed by atoms with Crippen LogP contribution < -0.4 is 5.32 Å². The van der Waals surface area contributed by atoms with Crippen molar-refractivity contribution in [2.45, 2.75) is 26.0 Å². The summed E-state index contributed by atoms with van der Waals surface area (Å²) < 4.78 is 0. The van der Waals surface area contributed by atoms with Gasteiger partial charge in [-0.25, -0.2) is 0 Å². The number of carbonyl (C=O) groups excluding carboxylic acids is 1. The van der Waals surface area contributed by atoms with Gasteiger partial charge in [-0.15, -0.1) is 11.3 Å². The van der Waals surface area contributed by atoms with Gasteiger partial charge < -0.3 is 5.32 Å². The molecule has 1 N–H and O–H groups in total. The van der Waals surface area contributed by atoms with Gasteiger partial charge in [0.05, 0.1) is 4.88 Å². The largest absolute Gasteiger partial charge is 0.351 e. The third-order valence-corrected chi connectivity index (χ3v) is 6.70. The molecule has 1 aliphatic rings. The molecule has 0 aromatic carbocycles. The predicted molar refractivity (Wildman–Crippen MR) is 84.1 cm³/mol. The molecule has 0 fully saturated rings. The van der Waals surface area contributed by atoms with Crippen molar-refractivity contribution in [2.75, 3.05) is 17.6 Å². The van der Waals surface area contributed by atoms with Crippen LogP contribution in [0.25, 0.3) is 0 Å². The van der Waals surface area contributed by atoms with Crippen LogP contribution in [0.4, 0.5) is 0 Å². The van der Waals surface area contributed by atoms with E-state index in [1.807, 2.05) is 11.8 Å². The van der Waals surface area contributed by atoms with Gasteiger partial charge in [-0.3, -0.25) is 4.79 Å². The van der Waals surface area contributed by atoms with Crippen molar-refractivity contribution in [3.63, 3.8) is 0 Å². The van der Waals surface area contributed by atoms with Crippen molar-refractivity contribution in [3.8, 4) is 0 Å². The Morgan fingerprint density at radius 3 is 3.00 bits per heavy atom. The predicted octanol–water partition coefficient (Wildman–Crippen LogP) is 3.69. The van der Waals surface area contributed by atoms with Gasteiger partial charge in [0.1, 0.15) is 0 Å². The number of amides is 1. The number of alkyl halides is 1. The normalized spacial score (nSPS) is 15.3. The van der Waals surface area contributed by atoms with Gasteiger partial charge in [0.25, 0.3) is 5.91 Å². The molecule has 0 radical (unpaired) electrons. The molecule has 5 heteroatoms. The second-order valence-electron chi connectivity index (χ2n) is 5.34. The SMILES string of the molecule is CC(C)(CBr)CNC(=O)c1cc2c(s1)CCSC2. The molecule has 0 aliphatic carbocycles. The summed E-state index contributed by atoms with van der Waals surface area (Å²) in [4.78, 5) is 14.4. The van der Waals surface area contributed by atoms with Crippen LogP contribution in [0.3, 0.4) is 0 Å². The third kappa shape index (κ3) is 3.52. The molecular weight excluding hydrogens is 330 g/mol. The molecular formula is C13H18BrNOS2. The van der Waals surface area contributed by atoms with Crippen LogP contribution in [0.1, 0.15) is 34.0 Å². The summed E-state index contributed by atoms with van der Waals surface area (Å²) in [7, 11) is 0. The Hall–Kier alpha value is -0.000000000000000111. The molecule has 0 atom stereocenters. The molecule has 18 heavy (non-hydrogen) atoms. The molecule has 1 amide bonds. The van der Waals surface area contributed by atoms with Crippen molar-refractivity contribution >= 4 is 44.9 Å². The average Bonchev–Trinajstić information content (AvgIpc) is 2.80. The maximum Gasteiger partial charge on any atom is 0.261 e. The number of thioether (sulfide) groups is 1. The van der Waals surface area contributed by atoms with Crippen molar-refractivity contribution in [3.05, 3.63) is 21.4 Å². The maximum absolute atomic E-state index is 12.1. The molecule has 1 aliphatic heterocycles. The fraction of sp³-hybridized carbons (Fsp3) is 0.615. The molecule has 1 aromatic rings. The van der Waals surface area contributed by atoms with Crippen molar-refractivity contribution in [1.29, 1.82) is 0 Å². The fourth-order valence-electron chi connectivity index (χ4n) is 1.71. The summed E-state index contributed by atoms with van der Waals surface area (Å²) in [6, 6.07) is 2.07. The Kier molecular flexibility index (Phi) is 4.78. The number of aryl methyl sites for hydroxylation is 1. The lowest BCUT2D eigenvalue weighted by atomic mass is 9.97. The Balaban J connectivity index is 1.99. The van der Waals surface area contributed by atoms with Gasteiger partial charge >= 0.3 is 0 Å². The smallest absolute Gasteiger partial charge is 0.261 e. The zero-order valence-electron chi connectivity index (χ0n) is 10.7. The Morgan fingerprint density at radius 1 is 1.56 bits per heavy atom. The summed E-state index contributed by atoms with van der Waals surface area (Å²) in [5, 5.41) is 3.92. The van der Waals surface area contributed by atoms with Crippen molar-refractivity contribution in [1.82, 2.24) is 5.32 Å². The number of rotatable bonds is 4. The zero-order valence-corrected chi connectivity index (χ0v) is 13.9. The van der Waals surface area contributed by atoms with E-state index in [1.165, 1.54) is 16.2 Å². The summed E-state index contributed by atoms with van der Waals surface area (Å²) in [6.45, 7) is 4.98. The van der Waals surface area contributed by atoms with Crippen LogP contribution in [0.15, 0.2) is 6.07 Å². The van der Waals surface area contributed by atoms with E-state index in [9.17, 15) is 4.79 Å². The van der Waals surface area contributed by atoms with E-state index in [1.54, 1.807) is 11.3 Å². The minimum atomic E-state index is 0.0772. The number of carbonyl (C=O) groups is 1. The van der Waals surface area contributed by atoms with E-state index < -0.39 is 0 Å². The van der Waals surface area contributed by atoms with E-state index >= 15 is 0 Å². The molecule has 100 valence electrons. The number of nitrogens with one attached hydrogen (secondary N) is 1. The highest BCUT2D eigenvalue weighted by atomic mass is 79.9. The second-order valence-corrected chi connectivity index (χ2v) is 8.14. The first-order valence-corrected chi connectivity index (χ1v) is 9.14. The highest BCUT2D eigenvalue weighted by Gasteiger charge is 2.20. The zero-order chi connectivity index (χ0) is 13.2. The van der Waals surface area contributed by atoms with Gasteiger partial charge in [-0.05, 0) is 29.2 Å². The van der Waals surface area contributed by atoms with Crippen molar-refractivity contribution < 1.29 is 4.79 Å². The average molecular weight is 348 g/mol. The topological polar surface area (TPSA) is 29.1 Å². The molecule has 0 unspecified atom stereocenters. The first kappa shape index (κ1) is 14.4. The van der Waals surface area contributed by atoms with Gasteiger partial charge in [0.15, 0.2) is 0 Å². The number of thiophene rings is 1. The molecule has 1 aromatic heterocycles. The van der Waals surface area contributed by atoms with E-state index in [-0.39, 0.29) is 11.3 Å². The highest BCUT2D eigenvalue weighted by Crippen LogP contribution is 2.31. The second kappa shape index (κ2) is 5.97. The van der Waals surface area contributed by atoms with Crippen LogP contribution in [0.2, 0.25) is 0 Å². The first-order chi connectivity index (χ1) is 8.52. The molecule has 0 saturated carbocycles. The Morgan fingerprint density at radius 2 is 2.33 bits per heavy atom. The number of hydrogen-bond acceptors (Lipinski definition) is 3. The Labute approximate surface area is 125 Å². The standard InChI is InChI=1S/C13H18BrNOS2/c1-13(2,7-14)8-15-12(16)11-5-9-6-17-4-3-10(9)18-11/h5H,3-4,6-8H2,1-2H3,(H,15,16). The summed E-state index contributed by atoms with van der Waals surface area (Å²) >= 11 is 7.09. The molecule has 2 heterocycles. The van der Waals surface area contributed by atoms with Crippen LogP contribution >= 0.6 is 39.0 Å². The quantitative estimate of drug-likeness (QED) is 0.841. The van der Waals surface area contributed by atoms with E-state index in [0.29, 0.717) is 6.54 Å². The van der Waals surface area contributed by atoms with E-state index in [2.05, 4.69) is 41.2 Å². The van der Waals surface area contributed by atoms with Crippen LogP contribution in [0.5, 0.6) is 0 Å². The monoisotopic (exact) mass is 347 g/mol. The van der Waals surface area contributed by atoms with Gasteiger partial charge in [-0.1, -0.05) is 29.8 Å². The summed E-state index contributed by atoms with van der Waals surface area (Å²) in [6.07, 6.45) is 1.12. The third-order valence-electron chi connectivity index (χ3n) is 2.94. The van der Waals surface area contributed by atoms with Gasteiger partial charge in [-0.2, -0.15) is 11.8 Å². The van der Waals surface area contributed by atoms with Crippen molar-refractivity contribution in [2.24, 2.45) is 5.41 Å². The number of hydrogen-bond donors (Lipinski definition) is 1. The van der Waals surface area contributed by atoms with E-state index in [0.717, 1.165) is 22.4 Å². The molecule has 2 nitrogen and oxygen atoms in total. The van der Waals surface area contributed by atoms with Gasteiger partial charge in [0, 0.05) is 22.5 Å². The molecule has 2 rings (SSSR count). The fourth-order valence-corrected chi connectivity index (χ4v) is 4.20. The van der Waals surface area contributed by atoms with Crippen LogP contribution in [-0.2, 0) is 12.2 Å². The first-order valence-electron chi connectivity index (χ1n) is 6.05. The minimum Gasteiger partial charge on any atom is -0.351 e. The highest BCUT2D eigenvalue weighted by molar-refractivity contribution is 9.09. The molecule has 0 saturated heterocycles. The lowest BCUT2D eigenvalue weighted by molar-refractivity contribution is 0.0944.